The van der Waals surface area contributed by atoms with Gasteiger partial charge in [-0.15, -0.1) is 0 Å². The van der Waals surface area contributed by atoms with Crippen molar-refractivity contribution >= 4 is 17.5 Å². The Kier molecular flexibility index (Phi) is 4.49. The number of benzene rings is 2. The molecule has 0 aromatic heterocycles. The standard InChI is InChI=1S/C19H20ClNO/c20-17-10-6-7-15(13-17)18(22)21-14-19(11-4-5-12-19)16-8-2-1-3-9-16/h1-3,6-10,13H,4-5,11-12,14H2,(H,21,22). The van der Waals surface area contributed by atoms with E-state index in [2.05, 4.69) is 29.6 Å². The lowest BCUT2D eigenvalue weighted by Crippen LogP contribution is -2.39. The van der Waals surface area contributed by atoms with Crippen LogP contribution in [0.5, 0.6) is 0 Å². The fourth-order valence-corrected chi connectivity index (χ4v) is 3.58. The van der Waals surface area contributed by atoms with Crippen molar-refractivity contribution in [1.29, 1.82) is 0 Å². The SMILES string of the molecule is O=C(NCC1(c2ccccc2)CCCC1)c1cccc(Cl)c1. The van der Waals surface area contributed by atoms with Crippen molar-refractivity contribution < 1.29 is 4.79 Å². The van der Waals surface area contributed by atoms with Gasteiger partial charge in [0, 0.05) is 22.5 Å². The zero-order valence-electron chi connectivity index (χ0n) is 12.5. The minimum atomic E-state index is -0.0512. The van der Waals surface area contributed by atoms with Gasteiger partial charge in [0.05, 0.1) is 0 Å². The molecule has 22 heavy (non-hydrogen) atoms. The molecule has 0 unspecified atom stereocenters. The third kappa shape index (κ3) is 3.17. The smallest absolute Gasteiger partial charge is 0.251 e. The molecule has 2 aromatic carbocycles. The molecule has 3 heteroatoms. The van der Waals surface area contributed by atoms with E-state index < -0.39 is 0 Å². The van der Waals surface area contributed by atoms with Crippen molar-refractivity contribution in [3.8, 4) is 0 Å². The van der Waals surface area contributed by atoms with E-state index in [1.807, 2.05) is 6.07 Å². The summed E-state index contributed by atoms with van der Waals surface area (Å²) in [6.07, 6.45) is 4.71. The first-order chi connectivity index (χ1) is 10.7. The average molecular weight is 314 g/mol. The van der Waals surface area contributed by atoms with E-state index in [9.17, 15) is 4.79 Å². The first-order valence-corrected chi connectivity index (χ1v) is 8.17. The van der Waals surface area contributed by atoms with E-state index in [-0.39, 0.29) is 11.3 Å². The summed E-state index contributed by atoms with van der Waals surface area (Å²) < 4.78 is 0. The summed E-state index contributed by atoms with van der Waals surface area (Å²) in [6, 6.07) is 17.6. The molecule has 0 radical (unpaired) electrons. The van der Waals surface area contributed by atoms with Crippen molar-refractivity contribution in [2.24, 2.45) is 0 Å². The minimum absolute atomic E-state index is 0.0512. The van der Waals surface area contributed by atoms with Crippen LogP contribution in [-0.2, 0) is 5.41 Å². The summed E-state index contributed by atoms with van der Waals surface area (Å²) in [4.78, 5) is 12.4. The predicted molar refractivity (Wildman–Crippen MR) is 90.4 cm³/mol. The molecule has 1 aliphatic carbocycles. The zero-order valence-corrected chi connectivity index (χ0v) is 13.3. The molecule has 1 aliphatic rings. The molecule has 0 atom stereocenters. The third-order valence-electron chi connectivity index (χ3n) is 4.62. The van der Waals surface area contributed by atoms with Crippen LogP contribution in [0.15, 0.2) is 54.6 Å². The van der Waals surface area contributed by atoms with Gasteiger partial charge >= 0.3 is 0 Å². The molecule has 2 aromatic rings. The van der Waals surface area contributed by atoms with Crippen LogP contribution >= 0.6 is 11.6 Å². The second kappa shape index (κ2) is 6.53. The van der Waals surface area contributed by atoms with E-state index in [1.165, 1.54) is 18.4 Å². The topological polar surface area (TPSA) is 29.1 Å². The summed E-state index contributed by atoms with van der Waals surface area (Å²) in [5.74, 6) is -0.0512. The molecule has 3 rings (SSSR count). The van der Waals surface area contributed by atoms with Crippen molar-refractivity contribution in [3.63, 3.8) is 0 Å². The van der Waals surface area contributed by atoms with Gasteiger partial charge in [0.15, 0.2) is 0 Å². The van der Waals surface area contributed by atoms with Crippen LogP contribution in [0.25, 0.3) is 0 Å². The summed E-state index contributed by atoms with van der Waals surface area (Å²) >= 11 is 5.96. The molecular weight excluding hydrogens is 294 g/mol. The molecule has 1 saturated carbocycles. The first kappa shape index (κ1) is 15.1. The van der Waals surface area contributed by atoms with Gasteiger partial charge in [-0.1, -0.05) is 60.8 Å². The van der Waals surface area contributed by atoms with E-state index >= 15 is 0 Å². The average Bonchev–Trinajstić information content (AvgIpc) is 3.04. The molecule has 1 fully saturated rings. The Balaban J connectivity index is 1.74. The number of amides is 1. The van der Waals surface area contributed by atoms with Crippen LogP contribution in [0.1, 0.15) is 41.6 Å². The fourth-order valence-electron chi connectivity index (χ4n) is 3.39. The van der Waals surface area contributed by atoms with E-state index in [1.54, 1.807) is 24.3 Å². The van der Waals surface area contributed by atoms with Crippen molar-refractivity contribution in [2.45, 2.75) is 31.1 Å². The predicted octanol–water partition coefficient (Wildman–Crippen LogP) is 4.58. The number of carbonyl (C=O) groups is 1. The molecule has 1 amide bonds. The lowest BCUT2D eigenvalue weighted by Gasteiger charge is -2.30. The molecule has 2 nitrogen and oxygen atoms in total. The Morgan fingerprint density at radius 1 is 1.05 bits per heavy atom. The number of hydrogen-bond donors (Lipinski definition) is 1. The summed E-state index contributed by atoms with van der Waals surface area (Å²) in [5, 5.41) is 3.70. The quantitative estimate of drug-likeness (QED) is 0.879. The van der Waals surface area contributed by atoms with Crippen LogP contribution < -0.4 is 5.32 Å². The highest BCUT2D eigenvalue weighted by atomic mass is 35.5. The minimum Gasteiger partial charge on any atom is -0.351 e. The van der Waals surface area contributed by atoms with Crippen LogP contribution in [0, 0.1) is 0 Å². The molecule has 0 bridgehead atoms. The lowest BCUT2D eigenvalue weighted by atomic mass is 9.79. The van der Waals surface area contributed by atoms with Crippen LogP contribution in [-0.4, -0.2) is 12.5 Å². The zero-order chi connectivity index (χ0) is 15.4. The molecule has 114 valence electrons. The van der Waals surface area contributed by atoms with Crippen LogP contribution in [0.3, 0.4) is 0 Å². The third-order valence-corrected chi connectivity index (χ3v) is 4.86. The Morgan fingerprint density at radius 2 is 1.77 bits per heavy atom. The summed E-state index contributed by atoms with van der Waals surface area (Å²) in [7, 11) is 0. The van der Waals surface area contributed by atoms with Gasteiger partial charge in [-0.05, 0) is 36.6 Å². The van der Waals surface area contributed by atoms with Gasteiger partial charge < -0.3 is 5.32 Å². The summed E-state index contributed by atoms with van der Waals surface area (Å²) in [6.45, 7) is 0.683. The monoisotopic (exact) mass is 313 g/mol. The molecule has 0 aliphatic heterocycles. The molecule has 0 saturated heterocycles. The van der Waals surface area contributed by atoms with Gasteiger partial charge in [0.1, 0.15) is 0 Å². The maximum atomic E-state index is 12.4. The molecule has 0 spiro atoms. The highest BCUT2D eigenvalue weighted by molar-refractivity contribution is 6.30. The van der Waals surface area contributed by atoms with Crippen molar-refractivity contribution in [2.75, 3.05) is 6.54 Å². The van der Waals surface area contributed by atoms with Crippen LogP contribution in [0.2, 0.25) is 5.02 Å². The van der Waals surface area contributed by atoms with E-state index in [0.717, 1.165) is 12.8 Å². The van der Waals surface area contributed by atoms with Gasteiger partial charge in [0.25, 0.3) is 5.91 Å². The largest absolute Gasteiger partial charge is 0.351 e. The second-order valence-corrected chi connectivity index (χ2v) is 6.48. The maximum absolute atomic E-state index is 12.4. The van der Waals surface area contributed by atoms with E-state index in [0.29, 0.717) is 17.1 Å². The molecule has 1 N–H and O–H groups in total. The van der Waals surface area contributed by atoms with Gasteiger partial charge in [-0.2, -0.15) is 0 Å². The highest BCUT2D eigenvalue weighted by Crippen LogP contribution is 2.40. The molecule has 0 heterocycles. The van der Waals surface area contributed by atoms with Crippen molar-refractivity contribution in [3.05, 3.63) is 70.7 Å². The van der Waals surface area contributed by atoms with E-state index in [4.69, 9.17) is 11.6 Å². The fraction of sp³-hybridized carbons (Fsp3) is 0.316. The summed E-state index contributed by atoms with van der Waals surface area (Å²) in [5.41, 5.74) is 2.03. The number of halogens is 1. The normalized spacial score (nSPS) is 16.4. The maximum Gasteiger partial charge on any atom is 0.251 e. The number of rotatable bonds is 4. The molecular formula is C19H20ClNO. The first-order valence-electron chi connectivity index (χ1n) is 7.79. The van der Waals surface area contributed by atoms with Gasteiger partial charge in [-0.25, -0.2) is 0 Å². The Morgan fingerprint density at radius 3 is 2.45 bits per heavy atom. The number of carbonyl (C=O) groups excluding carboxylic acids is 1. The number of nitrogens with one attached hydrogen (secondary N) is 1. The van der Waals surface area contributed by atoms with Gasteiger partial charge in [-0.3, -0.25) is 4.79 Å². The van der Waals surface area contributed by atoms with Crippen molar-refractivity contribution in [1.82, 2.24) is 5.32 Å². The highest BCUT2D eigenvalue weighted by Gasteiger charge is 2.35. The Hall–Kier alpha value is -1.80. The lowest BCUT2D eigenvalue weighted by molar-refractivity contribution is 0.0943. The van der Waals surface area contributed by atoms with Gasteiger partial charge in [0.2, 0.25) is 0 Å². The Bertz CT molecular complexity index is 647. The van der Waals surface area contributed by atoms with Crippen LogP contribution in [0.4, 0.5) is 0 Å². The second-order valence-electron chi connectivity index (χ2n) is 6.05. The Labute approximate surface area is 136 Å². The number of hydrogen-bond acceptors (Lipinski definition) is 1.